The number of anilines is 1. The van der Waals surface area contributed by atoms with E-state index in [2.05, 4.69) is 16.0 Å². The highest BCUT2D eigenvalue weighted by Gasteiger charge is 2.11. The summed E-state index contributed by atoms with van der Waals surface area (Å²) in [5, 5.41) is 8.59. The van der Waals surface area contributed by atoms with Crippen molar-refractivity contribution in [2.75, 3.05) is 18.9 Å². The maximum Gasteiger partial charge on any atom is 0.255 e. The first-order chi connectivity index (χ1) is 12.0. The van der Waals surface area contributed by atoms with Crippen LogP contribution in [-0.2, 0) is 11.3 Å². The van der Waals surface area contributed by atoms with Gasteiger partial charge in [0.1, 0.15) is 5.82 Å². The number of amides is 2. The fourth-order valence-electron chi connectivity index (χ4n) is 2.27. The highest BCUT2D eigenvalue weighted by atomic mass is 19.1. The standard InChI is InChI=1S/C19H22FN3O2/c1-13(11-21-2)18(24)22-12-14-3-9-17(10-4-14)23-19(25)15-5-7-16(20)8-6-15/h3-10,13,21H,11-12H2,1-2H3,(H,22,24)(H,23,25). The van der Waals surface area contributed by atoms with Crippen LogP contribution in [0.2, 0.25) is 0 Å². The molecule has 0 heterocycles. The summed E-state index contributed by atoms with van der Waals surface area (Å²) in [7, 11) is 1.81. The number of halogens is 1. The van der Waals surface area contributed by atoms with Crippen molar-refractivity contribution in [3.63, 3.8) is 0 Å². The number of nitrogens with one attached hydrogen (secondary N) is 3. The smallest absolute Gasteiger partial charge is 0.255 e. The number of carbonyl (C=O) groups is 2. The molecule has 0 fully saturated rings. The van der Waals surface area contributed by atoms with Gasteiger partial charge >= 0.3 is 0 Å². The average molecular weight is 343 g/mol. The molecule has 0 aromatic heterocycles. The van der Waals surface area contributed by atoms with Crippen molar-refractivity contribution in [1.29, 1.82) is 0 Å². The monoisotopic (exact) mass is 343 g/mol. The molecule has 0 saturated carbocycles. The molecule has 2 aromatic rings. The van der Waals surface area contributed by atoms with E-state index in [-0.39, 0.29) is 23.5 Å². The third-order valence-corrected chi connectivity index (χ3v) is 3.74. The van der Waals surface area contributed by atoms with Crippen LogP contribution in [0.4, 0.5) is 10.1 Å². The molecule has 3 N–H and O–H groups in total. The van der Waals surface area contributed by atoms with Crippen LogP contribution in [-0.4, -0.2) is 25.4 Å². The van der Waals surface area contributed by atoms with Crippen molar-refractivity contribution < 1.29 is 14.0 Å². The fraction of sp³-hybridized carbons (Fsp3) is 0.263. The van der Waals surface area contributed by atoms with E-state index < -0.39 is 0 Å². The Morgan fingerprint density at radius 2 is 1.68 bits per heavy atom. The molecule has 132 valence electrons. The Balaban J connectivity index is 1.88. The molecule has 0 spiro atoms. The van der Waals surface area contributed by atoms with Gasteiger partial charge in [0, 0.05) is 30.3 Å². The minimum absolute atomic E-state index is 0.0111. The molecular formula is C19H22FN3O2. The molecule has 2 amide bonds. The third kappa shape index (κ3) is 5.69. The Bertz CT molecular complexity index is 714. The highest BCUT2D eigenvalue weighted by molar-refractivity contribution is 6.04. The van der Waals surface area contributed by atoms with E-state index in [0.717, 1.165) is 5.56 Å². The van der Waals surface area contributed by atoms with E-state index in [9.17, 15) is 14.0 Å². The summed E-state index contributed by atoms with van der Waals surface area (Å²) in [5.74, 6) is -0.795. The molecule has 1 atom stereocenters. The molecule has 0 saturated heterocycles. The van der Waals surface area contributed by atoms with E-state index in [0.29, 0.717) is 24.3 Å². The van der Waals surface area contributed by atoms with Gasteiger partial charge in [0.25, 0.3) is 5.91 Å². The van der Waals surface area contributed by atoms with Gasteiger partial charge in [0.05, 0.1) is 0 Å². The molecule has 2 aromatic carbocycles. The second-order valence-corrected chi connectivity index (χ2v) is 5.83. The van der Waals surface area contributed by atoms with Crippen LogP contribution in [0.3, 0.4) is 0 Å². The largest absolute Gasteiger partial charge is 0.352 e. The first kappa shape index (κ1) is 18.6. The number of rotatable bonds is 7. The van der Waals surface area contributed by atoms with Gasteiger partial charge in [-0.2, -0.15) is 0 Å². The molecule has 5 nitrogen and oxygen atoms in total. The first-order valence-corrected chi connectivity index (χ1v) is 8.07. The zero-order chi connectivity index (χ0) is 18.2. The minimum Gasteiger partial charge on any atom is -0.352 e. The summed E-state index contributed by atoms with van der Waals surface area (Å²) in [4.78, 5) is 23.9. The third-order valence-electron chi connectivity index (χ3n) is 3.74. The second-order valence-electron chi connectivity index (χ2n) is 5.83. The molecule has 0 radical (unpaired) electrons. The van der Waals surface area contributed by atoms with Crippen LogP contribution in [0, 0.1) is 11.7 Å². The molecule has 1 unspecified atom stereocenters. The Labute approximate surface area is 146 Å². The van der Waals surface area contributed by atoms with E-state index >= 15 is 0 Å². The van der Waals surface area contributed by atoms with E-state index in [1.54, 1.807) is 12.1 Å². The van der Waals surface area contributed by atoms with Crippen molar-refractivity contribution in [3.05, 3.63) is 65.5 Å². The molecule has 0 aliphatic rings. The summed E-state index contributed by atoms with van der Waals surface area (Å²) in [5.41, 5.74) is 1.95. The predicted octanol–water partition coefficient (Wildman–Crippen LogP) is 2.55. The molecule has 0 aliphatic heterocycles. The van der Waals surface area contributed by atoms with Gasteiger partial charge in [-0.05, 0) is 49.0 Å². The van der Waals surface area contributed by atoms with E-state index in [4.69, 9.17) is 0 Å². The zero-order valence-electron chi connectivity index (χ0n) is 14.3. The van der Waals surface area contributed by atoms with Crippen molar-refractivity contribution in [2.24, 2.45) is 5.92 Å². The van der Waals surface area contributed by atoms with Crippen molar-refractivity contribution in [1.82, 2.24) is 10.6 Å². The summed E-state index contributed by atoms with van der Waals surface area (Å²) >= 11 is 0. The molecule has 25 heavy (non-hydrogen) atoms. The normalized spacial score (nSPS) is 11.6. The average Bonchev–Trinajstić information content (AvgIpc) is 2.61. The van der Waals surface area contributed by atoms with Gasteiger partial charge in [0.2, 0.25) is 5.91 Å². The summed E-state index contributed by atoms with van der Waals surface area (Å²) < 4.78 is 12.9. The summed E-state index contributed by atoms with van der Waals surface area (Å²) in [6, 6.07) is 12.6. The fourth-order valence-corrected chi connectivity index (χ4v) is 2.27. The zero-order valence-corrected chi connectivity index (χ0v) is 14.3. The van der Waals surface area contributed by atoms with Crippen molar-refractivity contribution in [2.45, 2.75) is 13.5 Å². The quantitative estimate of drug-likeness (QED) is 0.724. The lowest BCUT2D eigenvalue weighted by Gasteiger charge is -2.12. The lowest BCUT2D eigenvalue weighted by atomic mass is 10.1. The van der Waals surface area contributed by atoms with Gasteiger partial charge in [0.15, 0.2) is 0 Å². The molecule has 2 rings (SSSR count). The van der Waals surface area contributed by atoms with Gasteiger partial charge in [-0.1, -0.05) is 19.1 Å². The number of benzene rings is 2. The Kier molecular flexibility index (Phi) is 6.65. The minimum atomic E-state index is -0.382. The van der Waals surface area contributed by atoms with Crippen LogP contribution in [0.5, 0.6) is 0 Å². The summed E-state index contributed by atoms with van der Waals surface area (Å²) in [6.07, 6.45) is 0. The van der Waals surface area contributed by atoms with Gasteiger partial charge < -0.3 is 16.0 Å². The van der Waals surface area contributed by atoms with Gasteiger partial charge in [-0.15, -0.1) is 0 Å². The molecule has 0 aliphatic carbocycles. The van der Waals surface area contributed by atoms with Crippen LogP contribution in [0.25, 0.3) is 0 Å². The second kappa shape index (κ2) is 8.94. The van der Waals surface area contributed by atoms with E-state index in [1.807, 2.05) is 26.1 Å². The Morgan fingerprint density at radius 1 is 1.04 bits per heavy atom. The maximum absolute atomic E-state index is 12.9. The maximum atomic E-state index is 12.9. The topological polar surface area (TPSA) is 70.2 Å². The van der Waals surface area contributed by atoms with Crippen LogP contribution in [0.15, 0.2) is 48.5 Å². The number of carbonyl (C=O) groups excluding carboxylic acids is 2. The lowest BCUT2D eigenvalue weighted by Crippen LogP contribution is -2.33. The SMILES string of the molecule is CNCC(C)C(=O)NCc1ccc(NC(=O)c2ccc(F)cc2)cc1. The van der Waals surface area contributed by atoms with Crippen LogP contribution in [0.1, 0.15) is 22.8 Å². The van der Waals surface area contributed by atoms with Gasteiger partial charge in [-0.3, -0.25) is 9.59 Å². The van der Waals surface area contributed by atoms with Gasteiger partial charge in [-0.25, -0.2) is 4.39 Å². The van der Waals surface area contributed by atoms with Crippen molar-refractivity contribution >= 4 is 17.5 Å². The predicted molar refractivity (Wildman–Crippen MR) is 95.7 cm³/mol. The van der Waals surface area contributed by atoms with Crippen molar-refractivity contribution in [3.8, 4) is 0 Å². The lowest BCUT2D eigenvalue weighted by molar-refractivity contribution is -0.124. The first-order valence-electron chi connectivity index (χ1n) is 8.07. The van der Waals surface area contributed by atoms with E-state index in [1.165, 1.54) is 24.3 Å². The Morgan fingerprint density at radius 3 is 2.28 bits per heavy atom. The molecule has 0 bridgehead atoms. The summed E-state index contributed by atoms with van der Waals surface area (Å²) in [6.45, 7) is 2.92. The Hall–Kier alpha value is -2.73. The van der Waals surface area contributed by atoms with Crippen LogP contribution >= 0.6 is 0 Å². The number of hydrogen-bond donors (Lipinski definition) is 3. The van der Waals surface area contributed by atoms with Crippen LogP contribution < -0.4 is 16.0 Å². The number of hydrogen-bond acceptors (Lipinski definition) is 3. The molecular weight excluding hydrogens is 321 g/mol. The molecule has 6 heteroatoms. The highest BCUT2D eigenvalue weighted by Crippen LogP contribution is 2.12.